The van der Waals surface area contributed by atoms with Crippen LogP contribution in [0.3, 0.4) is 0 Å². The number of nitrogens with zero attached hydrogens (tertiary/aromatic N) is 1. The molecule has 4 nitrogen and oxygen atoms in total. The Kier molecular flexibility index (Phi) is 4.15. The highest BCUT2D eigenvalue weighted by molar-refractivity contribution is 5.94. The molecule has 4 heteroatoms. The summed E-state index contributed by atoms with van der Waals surface area (Å²) in [6.07, 6.45) is 4.66. The molecular weight excluding hydrogens is 290 g/mol. The van der Waals surface area contributed by atoms with Crippen LogP contribution in [0.15, 0.2) is 60.8 Å². The Morgan fingerprint density at radius 1 is 1.22 bits per heavy atom. The van der Waals surface area contributed by atoms with Crippen molar-refractivity contribution in [2.24, 2.45) is 7.05 Å². The summed E-state index contributed by atoms with van der Waals surface area (Å²) in [6.45, 7) is 0.516. The lowest BCUT2D eigenvalue weighted by atomic mass is 10.1. The van der Waals surface area contributed by atoms with Gasteiger partial charge in [0.2, 0.25) is 0 Å². The molecule has 116 valence electrons. The number of carboxylic acid groups (broad SMARTS) is 1. The molecule has 0 unspecified atom stereocenters. The zero-order chi connectivity index (χ0) is 16.2. The molecule has 0 aliphatic rings. The molecular formula is C19H17NO3. The standard InChI is InChI=1S/C19H17NO3/c1-20-12-15(7-10-19(21)22)17-9-8-16(11-18(17)20)23-13-14-5-3-2-4-6-14/h2-12H,13H2,1H3,(H,21,22)/b10-7+. The molecule has 0 amide bonds. The molecule has 3 aromatic rings. The largest absolute Gasteiger partial charge is 0.489 e. The Morgan fingerprint density at radius 3 is 2.74 bits per heavy atom. The number of hydrogen-bond donors (Lipinski definition) is 1. The SMILES string of the molecule is Cn1cc(/C=C/C(=O)O)c2ccc(OCc3ccccc3)cc21. The van der Waals surface area contributed by atoms with Crippen molar-refractivity contribution in [1.29, 1.82) is 0 Å². The Labute approximate surface area is 134 Å². The fourth-order valence-electron chi connectivity index (χ4n) is 2.52. The summed E-state index contributed by atoms with van der Waals surface area (Å²) in [5.41, 5.74) is 2.99. The third-order valence-electron chi connectivity index (χ3n) is 3.65. The van der Waals surface area contributed by atoms with Gasteiger partial charge in [-0.15, -0.1) is 0 Å². The first kappa shape index (κ1) is 14.9. The second-order valence-corrected chi connectivity index (χ2v) is 5.32. The van der Waals surface area contributed by atoms with Crippen molar-refractivity contribution in [2.75, 3.05) is 0 Å². The van der Waals surface area contributed by atoms with Crippen LogP contribution in [0.1, 0.15) is 11.1 Å². The second-order valence-electron chi connectivity index (χ2n) is 5.32. The first-order chi connectivity index (χ1) is 11.1. The van der Waals surface area contributed by atoms with E-state index in [2.05, 4.69) is 0 Å². The minimum atomic E-state index is -0.954. The first-order valence-electron chi connectivity index (χ1n) is 7.30. The number of fused-ring (bicyclic) bond motifs is 1. The van der Waals surface area contributed by atoms with E-state index in [-0.39, 0.29) is 0 Å². The van der Waals surface area contributed by atoms with E-state index < -0.39 is 5.97 Å². The van der Waals surface area contributed by atoms with Crippen LogP contribution in [0.2, 0.25) is 0 Å². The van der Waals surface area contributed by atoms with Gasteiger partial charge in [-0.1, -0.05) is 30.3 Å². The van der Waals surface area contributed by atoms with Crippen LogP contribution in [0.25, 0.3) is 17.0 Å². The number of rotatable bonds is 5. The van der Waals surface area contributed by atoms with Gasteiger partial charge >= 0.3 is 5.97 Å². The predicted octanol–water partition coefficient (Wildman–Crippen LogP) is 3.86. The summed E-state index contributed by atoms with van der Waals surface area (Å²) in [5, 5.41) is 9.76. The monoisotopic (exact) mass is 307 g/mol. The lowest BCUT2D eigenvalue weighted by Gasteiger charge is -2.07. The molecule has 0 aliphatic heterocycles. The first-order valence-corrected chi connectivity index (χ1v) is 7.30. The summed E-state index contributed by atoms with van der Waals surface area (Å²) in [7, 11) is 1.93. The van der Waals surface area contributed by atoms with Gasteiger partial charge in [0.25, 0.3) is 0 Å². The number of aromatic nitrogens is 1. The molecule has 0 atom stereocenters. The summed E-state index contributed by atoms with van der Waals surface area (Å²) >= 11 is 0. The highest BCUT2D eigenvalue weighted by Gasteiger charge is 2.06. The van der Waals surface area contributed by atoms with E-state index in [1.54, 1.807) is 6.08 Å². The summed E-state index contributed by atoms with van der Waals surface area (Å²) in [5.74, 6) is -0.166. The topological polar surface area (TPSA) is 51.5 Å². The molecule has 0 radical (unpaired) electrons. The van der Waals surface area contributed by atoms with Crippen molar-refractivity contribution in [3.8, 4) is 5.75 Å². The number of carbonyl (C=O) groups is 1. The maximum absolute atomic E-state index is 10.7. The Balaban J connectivity index is 1.84. The summed E-state index contributed by atoms with van der Waals surface area (Å²) < 4.78 is 7.80. The van der Waals surface area contributed by atoms with Gasteiger partial charge in [-0.2, -0.15) is 0 Å². The molecule has 0 saturated heterocycles. The number of aliphatic carboxylic acids is 1. The van der Waals surface area contributed by atoms with Crippen molar-refractivity contribution < 1.29 is 14.6 Å². The smallest absolute Gasteiger partial charge is 0.328 e. The van der Waals surface area contributed by atoms with Crippen LogP contribution < -0.4 is 4.74 Å². The van der Waals surface area contributed by atoms with Gasteiger partial charge in [-0.25, -0.2) is 4.79 Å². The number of carboxylic acids is 1. The number of benzene rings is 2. The zero-order valence-corrected chi connectivity index (χ0v) is 12.8. The second kappa shape index (κ2) is 6.40. The molecule has 1 N–H and O–H groups in total. The number of hydrogen-bond acceptors (Lipinski definition) is 2. The van der Waals surface area contributed by atoms with E-state index in [1.807, 2.05) is 66.3 Å². The molecule has 0 spiro atoms. The quantitative estimate of drug-likeness (QED) is 0.728. The molecule has 0 saturated carbocycles. The molecule has 0 bridgehead atoms. The average Bonchev–Trinajstić information content (AvgIpc) is 2.88. The maximum atomic E-state index is 10.7. The molecule has 2 aromatic carbocycles. The van der Waals surface area contributed by atoms with Crippen molar-refractivity contribution in [3.63, 3.8) is 0 Å². The third-order valence-corrected chi connectivity index (χ3v) is 3.65. The predicted molar refractivity (Wildman–Crippen MR) is 90.4 cm³/mol. The normalized spacial score (nSPS) is 11.2. The minimum Gasteiger partial charge on any atom is -0.489 e. The lowest BCUT2D eigenvalue weighted by Crippen LogP contribution is -1.95. The van der Waals surface area contributed by atoms with E-state index in [4.69, 9.17) is 9.84 Å². The van der Waals surface area contributed by atoms with E-state index >= 15 is 0 Å². The highest BCUT2D eigenvalue weighted by Crippen LogP contribution is 2.26. The van der Waals surface area contributed by atoms with Gasteiger partial charge in [-0.3, -0.25) is 0 Å². The van der Waals surface area contributed by atoms with Crippen LogP contribution >= 0.6 is 0 Å². The summed E-state index contributed by atoms with van der Waals surface area (Å²) in [6, 6.07) is 15.8. The Morgan fingerprint density at radius 2 is 2.00 bits per heavy atom. The van der Waals surface area contributed by atoms with Crippen LogP contribution in [0.5, 0.6) is 5.75 Å². The van der Waals surface area contributed by atoms with E-state index in [9.17, 15) is 4.79 Å². The van der Waals surface area contributed by atoms with Crippen molar-refractivity contribution in [2.45, 2.75) is 6.61 Å². The van der Waals surface area contributed by atoms with Crippen molar-refractivity contribution in [3.05, 3.63) is 71.9 Å². The molecule has 0 fully saturated rings. The van der Waals surface area contributed by atoms with E-state index in [0.29, 0.717) is 6.61 Å². The number of ether oxygens (including phenoxy) is 1. The summed E-state index contributed by atoms with van der Waals surface area (Å²) in [4.78, 5) is 10.7. The fourth-order valence-corrected chi connectivity index (χ4v) is 2.52. The van der Waals surface area contributed by atoms with Crippen molar-refractivity contribution >= 4 is 22.9 Å². The van der Waals surface area contributed by atoms with Gasteiger partial charge in [0.1, 0.15) is 12.4 Å². The van der Waals surface area contributed by atoms with Gasteiger partial charge in [-0.05, 0) is 23.8 Å². The van der Waals surface area contributed by atoms with Gasteiger partial charge < -0.3 is 14.4 Å². The van der Waals surface area contributed by atoms with Gasteiger partial charge in [0.15, 0.2) is 0 Å². The average molecular weight is 307 g/mol. The van der Waals surface area contributed by atoms with Gasteiger partial charge in [0.05, 0.1) is 5.52 Å². The lowest BCUT2D eigenvalue weighted by molar-refractivity contribution is -0.131. The Hall–Kier alpha value is -3.01. The molecule has 23 heavy (non-hydrogen) atoms. The number of aryl methyl sites for hydroxylation is 1. The van der Waals surface area contributed by atoms with E-state index in [0.717, 1.165) is 33.9 Å². The minimum absolute atomic E-state index is 0.516. The molecule has 3 rings (SSSR count). The van der Waals surface area contributed by atoms with Crippen molar-refractivity contribution in [1.82, 2.24) is 4.57 Å². The van der Waals surface area contributed by atoms with Gasteiger partial charge in [0, 0.05) is 36.3 Å². The van der Waals surface area contributed by atoms with E-state index in [1.165, 1.54) is 0 Å². The fraction of sp³-hybridized carbons (Fsp3) is 0.105. The van der Waals surface area contributed by atoms with Crippen LogP contribution in [-0.4, -0.2) is 15.6 Å². The van der Waals surface area contributed by atoms with Crippen LogP contribution in [0.4, 0.5) is 0 Å². The van der Waals surface area contributed by atoms with Crippen LogP contribution in [-0.2, 0) is 18.4 Å². The third kappa shape index (κ3) is 3.43. The Bertz CT molecular complexity index is 863. The van der Waals surface area contributed by atoms with Crippen LogP contribution in [0, 0.1) is 0 Å². The molecule has 1 aromatic heterocycles. The zero-order valence-electron chi connectivity index (χ0n) is 12.8. The maximum Gasteiger partial charge on any atom is 0.328 e. The highest BCUT2D eigenvalue weighted by atomic mass is 16.5. The molecule has 0 aliphatic carbocycles. The molecule has 1 heterocycles.